The van der Waals surface area contributed by atoms with E-state index in [4.69, 9.17) is 0 Å². The highest BCUT2D eigenvalue weighted by Crippen LogP contribution is 2.27. The molecular formula is C6H11NOS2. The van der Waals surface area contributed by atoms with Crippen LogP contribution in [0.15, 0.2) is 11.5 Å². The number of carbonyl (C=O) groups excluding carboxylic acids is 1. The fraction of sp³-hybridized carbons (Fsp3) is 0.500. The second-order valence-electron chi connectivity index (χ2n) is 1.57. The molecule has 0 spiro atoms. The first-order valence-corrected chi connectivity index (χ1v) is 5.37. The van der Waals surface area contributed by atoms with Crippen LogP contribution in [0.5, 0.6) is 0 Å². The number of carbonyl (C=O) groups is 1. The molecule has 1 aliphatic heterocycles. The Morgan fingerprint density at radius 1 is 1.80 bits per heavy atom. The average molecular weight is 177 g/mol. The third-order valence-electron chi connectivity index (χ3n) is 0.733. The first-order chi connectivity index (χ1) is 4.77. The Bertz CT molecular complexity index is 119. The number of primary amides is 1. The van der Waals surface area contributed by atoms with Crippen LogP contribution in [-0.2, 0) is 4.79 Å². The van der Waals surface area contributed by atoms with E-state index in [2.05, 4.69) is 17.2 Å². The van der Waals surface area contributed by atoms with Crippen LogP contribution in [-0.4, -0.2) is 11.7 Å². The van der Waals surface area contributed by atoms with Crippen molar-refractivity contribution in [3.8, 4) is 0 Å². The molecule has 0 fully saturated rings. The van der Waals surface area contributed by atoms with Crippen LogP contribution in [0.3, 0.4) is 0 Å². The maximum Gasteiger partial charge on any atom is 0.217 e. The molecule has 0 saturated carbocycles. The van der Waals surface area contributed by atoms with Crippen LogP contribution in [0.25, 0.3) is 0 Å². The number of hydrogen-bond acceptors (Lipinski definition) is 3. The summed E-state index contributed by atoms with van der Waals surface area (Å²) in [6.45, 7) is 1.72. The van der Waals surface area contributed by atoms with Crippen molar-refractivity contribution in [3.63, 3.8) is 0 Å². The van der Waals surface area contributed by atoms with Gasteiger partial charge in [-0.15, -0.1) is 0 Å². The lowest BCUT2D eigenvalue weighted by atomic mass is 10.5. The van der Waals surface area contributed by atoms with Gasteiger partial charge < -0.3 is 5.73 Å². The summed E-state index contributed by atoms with van der Waals surface area (Å²) in [5.41, 5.74) is 4.65. The van der Waals surface area contributed by atoms with Crippen LogP contribution >= 0.6 is 21.6 Å². The van der Waals surface area contributed by atoms with Crippen molar-refractivity contribution in [1.29, 1.82) is 0 Å². The molecule has 0 atom stereocenters. The molecule has 0 aromatic heterocycles. The smallest absolute Gasteiger partial charge is 0.217 e. The zero-order chi connectivity index (χ0) is 7.82. The fourth-order valence-corrected chi connectivity index (χ4v) is 1.77. The summed E-state index contributed by atoms with van der Waals surface area (Å²) in [5.74, 6) is 0.954. The zero-order valence-corrected chi connectivity index (χ0v) is 7.50. The van der Waals surface area contributed by atoms with Crippen molar-refractivity contribution in [1.82, 2.24) is 0 Å². The average Bonchev–Trinajstić information content (AvgIpc) is 2.43. The van der Waals surface area contributed by atoms with E-state index in [1.807, 2.05) is 21.6 Å². The highest BCUT2D eigenvalue weighted by Gasteiger charge is 1.85. The molecule has 0 aromatic carbocycles. The maximum atomic E-state index is 9.59. The molecule has 0 aromatic rings. The summed E-state index contributed by atoms with van der Waals surface area (Å²) < 4.78 is 0. The predicted molar refractivity (Wildman–Crippen MR) is 48.7 cm³/mol. The first kappa shape index (κ1) is 9.91. The number of hydrogen-bond donors (Lipinski definition) is 1. The van der Waals surface area contributed by atoms with Crippen molar-refractivity contribution in [2.45, 2.75) is 13.3 Å². The molecule has 58 valence electrons. The van der Waals surface area contributed by atoms with E-state index in [1.54, 1.807) is 6.92 Å². The molecular weight excluding hydrogens is 166 g/mol. The predicted octanol–water partition coefficient (Wildman–Crippen LogP) is 1.78. The Kier molecular flexibility index (Phi) is 6.96. The van der Waals surface area contributed by atoms with Crippen molar-refractivity contribution < 1.29 is 4.79 Å². The van der Waals surface area contributed by atoms with Gasteiger partial charge in [0.2, 0.25) is 5.91 Å². The second kappa shape index (κ2) is 7.02. The summed E-state index contributed by atoms with van der Waals surface area (Å²) in [6.07, 6.45) is 2.61. The summed E-state index contributed by atoms with van der Waals surface area (Å²) in [5, 5.41) is 2.12. The highest BCUT2D eigenvalue weighted by molar-refractivity contribution is 8.78. The van der Waals surface area contributed by atoms with Gasteiger partial charge in [-0.2, -0.15) is 0 Å². The van der Waals surface area contributed by atoms with E-state index in [1.165, 1.54) is 5.75 Å². The first-order valence-electron chi connectivity index (χ1n) is 2.99. The van der Waals surface area contributed by atoms with E-state index in [-0.39, 0.29) is 5.91 Å². The molecule has 1 rings (SSSR count). The van der Waals surface area contributed by atoms with Gasteiger partial charge in [0.1, 0.15) is 0 Å². The van der Waals surface area contributed by atoms with Crippen LogP contribution in [0, 0.1) is 0 Å². The standard InChI is InChI=1S/C3H7NO.C3H4S2/c1-2-3(4)5;1-2-4-5-3-1/h2H2,1H3,(H2,4,5);1-2H,3H2. The minimum atomic E-state index is -0.245. The normalized spacial score (nSPS) is 14.1. The molecule has 10 heavy (non-hydrogen) atoms. The highest BCUT2D eigenvalue weighted by atomic mass is 33.1. The van der Waals surface area contributed by atoms with Crippen LogP contribution in [0.4, 0.5) is 0 Å². The van der Waals surface area contributed by atoms with Gasteiger partial charge in [-0.3, -0.25) is 4.79 Å². The third-order valence-corrected chi connectivity index (χ3v) is 2.65. The Hall–Kier alpha value is -0.0900. The van der Waals surface area contributed by atoms with Gasteiger partial charge in [-0.05, 0) is 5.41 Å². The van der Waals surface area contributed by atoms with Gasteiger partial charge in [0.15, 0.2) is 0 Å². The molecule has 0 saturated heterocycles. The minimum Gasteiger partial charge on any atom is -0.370 e. The maximum absolute atomic E-state index is 9.59. The van der Waals surface area contributed by atoms with Gasteiger partial charge in [-0.25, -0.2) is 0 Å². The topological polar surface area (TPSA) is 43.1 Å². The summed E-state index contributed by atoms with van der Waals surface area (Å²) >= 11 is 0. The molecule has 4 heteroatoms. The van der Waals surface area contributed by atoms with Gasteiger partial charge in [0.05, 0.1) is 0 Å². The Labute approximate surface area is 69.0 Å². The largest absolute Gasteiger partial charge is 0.370 e. The second-order valence-corrected chi connectivity index (χ2v) is 3.89. The van der Waals surface area contributed by atoms with Crippen LogP contribution in [0.1, 0.15) is 13.3 Å². The number of amides is 1. The molecule has 2 nitrogen and oxygen atoms in total. The minimum absolute atomic E-state index is 0.245. The van der Waals surface area contributed by atoms with Crippen molar-refractivity contribution >= 4 is 27.5 Å². The Balaban J connectivity index is 0.000000162. The van der Waals surface area contributed by atoms with Crippen LogP contribution in [0.2, 0.25) is 0 Å². The summed E-state index contributed by atoms with van der Waals surface area (Å²) in [6, 6.07) is 0. The van der Waals surface area contributed by atoms with Gasteiger partial charge in [0.25, 0.3) is 0 Å². The molecule has 1 amide bonds. The van der Waals surface area contributed by atoms with Gasteiger partial charge >= 0.3 is 0 Å². The fourth-order valence-electron chi connectivity index (χ4n) is 0.196. The van der Waals surface area contributed by atoms with Crippen molar-refractivity contribution in [3.05, 3.63) is 11.5 Å². The molecule has 1 heterocycles. The lowest BCUT2D eigenvalue weighted by Crippen LogP contribution is -2.06. The number of rotatable bonds is 1. The van der Waals surface area contributed by atoms with Crippen LogP contribution < -0.4 is 5.73 Å². The summed E-state index contributed by atoms with van der Waals surface area (Å²) in [4.78, 5) is 9.59. The van der Waals surface area contributed by atoms with E-state index < -0.39 is 0 Å². The van der Waals surface area contributed by atoms with Gasteiger partial charge in [0, 0.05) is 12.2 Å². The SMILES string of the molecule is C1=CSSC1.CCC(N)=O. The molecule has 0 unspecified atom stereocenters. The zero-order valence-electron chi connectivity index (χ0n) is 5.87. The monoisotopic (exact) mass is 177 g/mol. The molecule has 0 aliphatic carbocycles. The molecule has 2 N–H and O–H groups in total. The van der Waals surface area contributed by atoms with Crippen molar-refractivity contribution in [2.24, 2.45) is 5.73 Å². The quantitative estimate of drug-likeness (QED) is 0.621. The van der Waals surface area contributed by atoms with E-state index in [0.29, 0.717) is 6.42 Å². The number of nitrogens with two attached hydrogens (primary N) is 1. The molecule has 0 bridgehead atoms. The Morgan fingerprint density at radius 2 is 2.40 bits per heavy atom. The van der Waals surface area contributed by atoms with Gasteiger partial charge in [-0.1, -0.05) is 34.6 Å². The Morgan fingerprint density at radius 3 is 2.50 bits per heavy atom. The third kappa shape index (κ3) is 7.91. The van der Waals surface area contributed by atoms with E-state index >= 15 is 0 Å². The van der Waals surface area contributed by atoms with E-state index in [9.17, 15) is 4.79 Å². The van der Waals surface area contributed by atoms with E-state index in [0.717, 1.165) is 0 Å². The molecule has 1 aliphatic rings. The lowest BCUT2D eigenvalue weighted by molar-refractivity contribution is -0.117. The van der Waals surface area contributed by atoms with Crippen molar-refractivity contribution in [2.75, 3.05) is 5.75 Å². The lowest BCUT2D eigenvalue weighted by Gasteiger charge is -1.73. The molecule has 0 radical (unpaired) electrons. The summed E-state index contributed by atoms with van der Waals surface area (Å²) in [7, 11) is 3.69.